The first-order chi connectivity index (χ1) is 8.29. The van der Waals surface area contributed by atoms with Crippen molar-refractivity contribution in [1.29, 1.82) is 0 Å². The minimum atomic E-state index is 0.580. The average Bonchev–Trinajstić information content (AvgIpc) is 3.12. The molecule has 0 N–H and O–H groups in total. The zero-order valence-corrected chi connectivity index (χ0v) is 10.9. The Morgan fingerprint density at radius 1 is 1.41 bits per heavy atom. The highest BCUT2D eigenvalue weighted by Gasteiger charge is 2.22. The lowest BCUT2D eigenvalue weighted by Gasteiger charge is -2.08. The van der Waals surface area contributed by atoms with Gasteiger partial charge >= 0.3 is 0 Å². The molecule has 2 heteroatoms. The monoisotopic (exact) mass is 248 g/mol. The van der Waals surface area contributed by atoms with Gasteiger partial charge in [0.15, 0.2) is 0 Å². The lowest BCUT2D eigenvalue weighted by molar-refractivity contribution is 0.299. The molecule has 0 amide bonds. The van der Waals surface area contributed by atoms with Crippen LogP contribution in [0.1, 0.15) is 30.4 Å². The number of rotatable bonds is 4. The first-order valence-electron chi connectivity index (χ1n) is 6.08. The topological polar surface area (TPSA) is 9.23 Å². The van der Waals surface area contributed by atoms with Gasteiger partial charge in [-0.05, 0) is 43.4 Å². The van der Waals surface area contributed by atoms with Gasteiger partial charge in [0.25, 0.3) is 0 Å². The summed E-state index contributed by atoms with van der Waals surface area (Å²) >= 11 is 5.62. The van der Waals surface area contributed by atoms with Crippen molar-refractivity contribution in [2.45, 2.75) is 26.2 Å². The molecule has 0 unspecified atom stereocenters. The van der Waals surface area contributed by atoms with Gasteiger partial charge in [0.1, 0.15) is 5.75 Å². The zero-order chi connectivity index (χ0) is 12.1. The van der Waals surface area contributed by atoms with E-state index in [0.29, 0.717) is 5.88 Å². The Balaban J connectivity index is 2.09. The Morgan fingerprint density at radius 3 is 2.94 bits per heavy atom. The molecule has 1 aliphatic carbocycles. The van der Waals surface area contributed by atoms with E-state index >= 15 is 0 Å². The summed E-state index contributed by atoms with van der Waals surface area (Å²) in [5, 5.41) is 0. The number of benzene rings is 1. The van der Waals surface area contributed by atoms with Crippen LogP contribution >= 0.6 is 11.6 Å². The fourth-order valence-electron chi connectivity index (χ4n) is 1.56. The molecular weight excluding hydrogens is 232 g/mol. The summed E-state index contributed by atoms with van der Waals surface area (Å²) in [7, 11) is 0. The SMILES string of the molecule is Cc1ccc(OCC2CC2)c(C#CCCCl)c1. The molecule has 0 bridgehead atoms. The van der Waals surface area contributed by atoms with E-state index in [9.17, 15) is 0 Å². The van der Waals surface area contributed by atoms with E-state index in [1.807, 2.05) is 6.07 Å². The number of halogens is 1. The van der Waals surface area contributed by atoms with Crippen LogP contribution in [0, 0.1) is 24.7 Å². The predicted molar refractivity (Wildman–Crippen MR) is 71.6 cm³/mol. The van der Waals surface area contributed by atoms with Crippen LogP contribution in [-0.4, -0.2) is 12.5 Å². The lowest BCUT2D eigenvalue weighted by Crippen LogP contribution is -2.00. The molecule has 1 fully saturated rings. The van der Waals surface area contributed by atoms with Crippen LogP contribution in [0.4, 0.5) is 0 Å². The third kappa shape index (κ3) is 3.98. The molecule has 90 valence electrons. The third-order valence-electron chi connectivity index (χ3n) is 2.75. The summed E-state index contributed by atoms with van der Waals surface area (Å²) in [6.45, 7) is 2.89. The van der Waals surface area contributed by atoms with Crippen molar-refractivity contribution in [1.82, 2.24) is 0 Å². The molecule has 1 saturated carbocycles. The highest BCUT2D eigenvalue weighted by Crippen LogP contribution is 2.30. The van der Waals surface area contributed by atoms with Gasteiger partial charge in [-0.15, -0.1) is 11.6 Å². The Kier molecular flexibility index (Phi) is 4.34. The molecule has 2 rings (SSSR count). The van der Waals surface area contributed by atoms with Gasteiger partial charge in [0, 0.05) is 12.3 Å². The molecule has 0 radical (unpaired) electrons. The van der Waals surface area contributed by atoms with Gasteiger partial charge in [0.2, 0.25) is 0 Å². The molecule has 0 saturated heterocycles. The molecular formula is C15H17ClO. The summed E-state index contributed by atoms with van der Waals surface area (Å²) < 4.78 is 5.81. The number of ether oxygens (including phenoxy) is 1. The van der Waals surface area contributed by atoms with Crippen LogP contribution in [0.5, 0.6) is 5.75 Å². The molecule has 0 spiro atoms. The summed E-state index contributed by atoms with van der Waals surface area (Å²) in [6, 6.07) is 6.15. The van der Waals surface area contributed by atoms with E-state index in [1.54, 1.807) is 0 Å². The molecule has 1 aliphatic rings. The molecule has 0 aliphatic heterocycles. The summed E-state index contributed by atoms with van der Waals surface area (Å²) in [5.41, 5.74) is 2.19. The van der Waals surface area contributed by atoms with Crippen LogP contribution in [0.25, 0.3) is 0 Å². The fraction of sp³-hybridized carbons (Fsp3) is 0.467. The van der Waals surface area contributed by atoms with Crippen molar-refractivity contribution in [2.24, 2.45) is 5.92 Å². The molecule has 1 nitrogen and oxygen atoms in total. The lowest BCUT2D eigenvalue weighted by atomic mass is 10.1. The maximum Gasteiger partial charge on any atom is 0.134 e. The van der Waals surface area contributed by atoms with Crippen LogP contribution in [0.15, 0.2) is 18.2 Å². The van der Waals surface area contributed by atoms with Gasteiger partial charge in [-0.25, -0.2) is 0 Å². The largest absolute Gasteiger partial charge is 0.492 e. The van der Waals surface area contributed by atoms with Crippen molar-refractivity contribution in [3.63, 3.8) is 0 Å². The first-order valence-corrected chi connectivity index (χ1v) is 6.61. The normalized spacial score (nSPS) is 14.0. The average molecular weight is 249 g/mol. The van der Waals surface area contributed by atoms with Gasteiger partial charge < -0.3 is 4.74 Å². The summed E-state index contributed by atoms with van der Waals surface area (Å²) in [6.07, 6.45) is 3.33. The Hall–Kier alpha value is -1.13. The second-order valence-electron chi connectivity index (χ2n) is 4.49. The number of aryl methyl sites for hydroxylation is 1. The van der Waals surface area contributed by atoms with Gasteiger partial charge in [-0.2, -0.15) is 0 Å². The standard InChI is InChI=1S/C15H17ClO/c1-12-5-8-15(17-11-13-6-7-13)14(10-12)4-2-3-9-16/h5,8,10,13H,3,6-7,9,11H2,1H3. The smallest absolute Gasteiger partial charge is 0.134 e. The number of hydrogen-bond donors (Lipinski definition) is 0. The zero-order valence-electron chi connectivity index (χ0n) is 10.1. The summed E-state index contributed by atoms with van der Waals surface area (Å²) in [5.74, 6) is 8.45. The van der Waals surface area contributed by atoms with Crippen molar-refractivity contribution < 1.29 is 4.74 Å². The maximum absolute atomic E-state index is 5.81. The fourth-order valence-corrected chi connectivity index (χ4v) is 1.66. The third-order valence-corrected chi connectivity index (χ3v) is 2.94. The molecule has 0 atom stereocenters. The minimum Gasteiger partial charge on any atom is -0.492 e. The highest BCUT2D eigenvalue weighted by atomic mass is 35.5. The predicted octanol–water partition coefficient (Wildman–Crippen LogP) is 3.76. The van der Waals surface area contributed by atoms with E-state index in [-0.39, 0.29) is 0 Å². The number of alkyl halides is 1. The minimum absolute atomic E-state index is 0.580. The van der Waals surface area contributed by atoms with E-state index in [2.05, 4.69) is 30.9 Å². The molecule has 1 aromatic rings. The molecule has 0 aromatic heterocycles. The van der Waals surface area contributed by atoms with Gasteiger partial charge in [0.05, 0.1) is 12.2 Å². The Bertz CT molecular complexity index is 438. The van der Waals surface area contributed by atoms with Crippen LogP contribution in [0.3, 0.4) is 0 Å². The van der Waals surface area contributed by atoms with E-state index in [1.165, 1.54) is 18.4 Å². The first kappa shape index (κ1) is 12.3. The molecule has 17 heavy (non-hydrogen) atoms. The van der Waals surface area contributed by atoms with Gasteiger partial charge in [-0.3, -0.25) is 0 Å². The van der Waals surface area contributed by atoms with Gasteiger partial charge in [-0.1, -0.05) is 17.9 Å². The van der Waals surface area contributed by atoms with Crippen LogP contribution in [0.2, 0.25) is 0 Å². The molecule has 0 heterocycles. The Labute approximate surface area is 108 Å². The van der Waals surface area contributed by atoms with E-state index < -0.39 is 0 Å². The Morgan fingerprint density at radius 2 is 2.24 bits per heavy atom. The second kappa shape index (κ2) is 5.98. The van der Waals surface area contributed by atoms with Crippen LogP contribution in [-0.2, 0) is 0 Å². The van der Waals surface area contributed by atoms with Crippen molar-refractivity contribution in [2.75, 3.05) is 12.5 Å². The highest BCUT2D eigenvalue weighted by molar-refractivity contribution is 6.18. The van der Waals surface area contributed by atoms with Crippen molar-refractivity contribution in [3.8, 4) is 17.6 Å². The van der Waals surface area contributed by atoms with Crippen LogP contribution < -0.4 is 4.74 Å². The summed E-state index contributed by atoms with van der Waals surface area (Å²) in [4.78, 5) is 0. The number of hydrogen-bond acceptors (Lipinski definition) is 1. The quantitative estimate of drug-likeness (QED) is 0.582. The van der Waals surface area contributed by atoms with E-state index in [0.717, 1.165) is 30.3 Å². The second-order valence-corrected chi connectivity index (χ2v) is 4.87. The maximum atomic E-state index is 5.81. The van der Waals surface area contributed by atoms with Crippen molar-refractivity contribution >= 4 is 11.6 Å². The van der Waals surface area contributed by atoms with Crippen molar-refractivity contribution in [3.05, 3.63) is 29.3 Å². The van der Waals surface area contributed by atoms with E-state index in [4.69, 9.17) is 16.3 Å². The molecule has 1 aromatic carbocycles.